The number of ether oxygens (including phenoxy) is 1. The first-order chi connectivity index (χ1) is 7.72. The molecule has 0 saturated carbocycles. The molecule has 0 heterocycles. The molecule has 1 atom stereocenters. The highest BCUT2D eigenvalue weighted by Crippen LogP contribution is 2.17. The summed E-state index contributed by atoms with van der Waals surface area (Å²) in [5.41, 5.74) is 1.03. The first-order valence-electron chi connectivity index (χ1n) is 4.79. The van der Waals surface area contributed by atoms with Gasteiger partial charge < -0.3 is 4.74 Å². The number of nitriles is 2. The molecule has 0 aliphatic carbocycles. The van der Waals surface area contributed by atoms with Gasteiger partial charge >= 0.3 is 5.97 Å². The molecule has 0 amide bonds. The van der Waals surface area contributed by atoms with E-state index in [9.17, 15) is 4.79 Å². The number of carbonyl (C=O) groups excluding carboxylic acids is 1. The molecular weight excluding hydrogens is 204 g/mol. The molecule has 4 nitrogen and oxygen atoms in total. The average molecular weight is 214 g/mol. The smallest absolute Gasteiger partial charge is 0.327 e. The van der Waals surface area contributed by atoms with Crippen LogP contribution in [0.25, 0.3) is 0 Å². The Morgan fingerprint density at radius 3 is 2.44 bits per heavy atom. The summed E-state index contributed by atoms with van der Waals surface area (Å²) in [4.78, 5) is 11.4. The highest BCUT2D eigenvalue weighted by Gasteiger charge is 2.21. The average Bonchev–Trinajstić information content (AvgIpc) is 2.31. The highest BCUT2D eigenvalue weighted by atomic mass is 16.5. The quantitative estimate of drug-likeness (QED) is 0.718. The summed E-state index contributed by atoms with van der Waals surface area (Å²) in [5, 5.41) is 17.5. The molecule has 0 N–H and O–H groups in total. The van der Waals surface area contributed by atoms with Gasteiger partial charge in [0.15, 0.2) is 5.92 Å². The molecule has 16 heavy (non-hydrogen) atoms. The normalized spacial score (nSPS) is 10.9. The minimum absolute atomic E-state index is 0.243. The van der Waals surface area contributed by atoms with E-state index in [0.29, 0.717) is 11.1 Å². The standard InChI is InChI=1S/C12H10N2O2/c1-2-16-12(15)11(8-14)10-5-3-9(7-13)4-6-10/h3-6,11H,2H2,1H3/t11-/m1/s1. The van der Waals surface area contributed by atoms with E-state index < -0.39 is 11.9 Å². The third-order valence-corrected chi connectivity index (χ3v) is 2.02. The van der Waals surface area contributed by atoms with Crippen molar-refractivity contribution in [1.82, 2.24) is 0 Å². The maximum atomic E-state index is 11.4. The second-order valence-electron chi connectivity index (χ2n) is 3.05. The number of hydrogen-bond donors (Lipinski definition) is 0. The van der Waals surface area contributed by atoms with Gasteiger partial charge in [-0.1, -0.05) is 12.1 Å². The molecule has 1 aromatic carbocycles. The van der Waals surface area contributed by atoms with Gasteiger partial charge in [0.2, 0.25) is 0 Å². The first kappa shape index (κ1) is 11.7. The molecule has 0 fully saturated rings. The van der Waals surface area contributed by atoms with Crippen LogP contribution >= 0.6 is 0 Å². The Labute approximate surface area is 93.7 Å². The number of nitrogens with zero attached hydrogens (tertiary/aromatic N) is 2. The SMILES string of the molecule is CCOC(=O)[C@H](C#N)c1ccc(C#N)cc1. The van der Waals surface area contributed by atoms with Crippen molar-refractivity contribution in [2.24, 2.45) is 0 Å². The van der Waals surface area contributed by atoms with Gasteiger partial charge in [0.1, 0.15) is 0 Å². The van der Waals surface area contributed by atoms with Gasteiger partial charge in [-0.3, -0.25) is 4.79 Å². The van der Waals surface area contributed by atoms with Gasteiger partial charge in [-0.15, -0.1) is 0 Å². The van der Waals surface area contributed by atoms with Crippen LogP contribution in [0.2, 0.25) is 0 Å². The summed E-state index contributed by atoms with van der Waals surface area (Å²) in [5.74, 6) is -1.48. The predicted octanol–water partition coefficient (Wildman–Crippen LogP) is 1.73. The molecule has 0 aliphatic rings. The van der Waals surface area contributed by atoms with Gasteiger partial charge in [0, 0.05) is 0 Å². The minimum atomic E-state index is -0.923. The van der Waals surface area contributed by atoms with Crippen LogP contribution in [-0.2, 0) is 9.53 Å². The second kappa shape index (κ2) is 5.53. The molecule has 4 heteroatoms. The molecule has 0 aromatic heterocycles. The number of esters is 1. The van der Waals surface area contributed by atoms with E-state index in [1.807, 2.05) is 12.1 Å². The van der Waals surface area contributed by atoms with E-state index in [4.69, 9.17) is 15.3 Å². The van der Waals surface area contributed by atoms with Crippen LogP contribution in [-0.4, -0.2) is 12.6 Å². The Bertz CT molecular complexity index is 451. The third-order valence-electron chi connectivity index (χ3n) is 2.02. The Morgan fingerprint density at radius 2 is 2.00 bits per heavy atom. The van der Waals surface area contributed by atoms with Crippen LogP contribution in [0, 0.1) is 22.7 Å². The van der Waals surface area contributed by atoms with Gasteiger partial charge in [-0.05, 0) is 24.6 Å². The van der Waals surface area contributed by atoms with Crippen molar-refractivity contribution < 1.29 is 9.53 Å². The lowest BCUT2D eigenvalue weighted by atomic mass is 10.00. The Kier molecular flexibility index (Phi) is 4.06. The Morgan fingerprint density at radius 1 is 1.38 bits per heavy atom. The third kappa shape index (κ3) is 2.59. The topological polar surface area (TPSA) is 73.9 Å². The fourth-order valence-corrected chi connectivity index (χ4v) is 1.24. The lowest BCUT2D eigenvalue weighted by molar-refractivity contribution is -0.143. The van der Waals surface area contributed by atoms with E-state index >= 15 is 0 Å². The second-order valence-corrected chi connectivity index (χ2v) is 3.05. The lowest BCUT2D eigenvalue weighted by Crippen LogP contribution is -2.14. The summed E-state index contributed by atoms with van der Waals surface area (Å²) >= 11 is 0. The van der Waals surface area contributed by atoms with Crippen molar-refractivity contribution in [2.45, 2.75) is 12.8 Å². The zero-order chi connectivity index (χ0) is 12.0. The van der Waals surface area contributed by atoms with Gasteiger partial charge in [-0.2, -0.15) is 10.5 Å². The largest absolute Gasteiger partial charge is 0.465 e. The molecule has 0 radical (unpaired) electrons. The summed E-state index contributed by atoms with van der Waals surface area (Å²) in [7, 11) is 0. The van der Waals surface area contributed by atoms with Crippen molar-refractivity contribution in [3.63, 3.8) is 0 Å². The fraction of sp³-hybridized carbons (Fsp3) is 0.250. The molecule has 80 valence electrons. The number of benzene rings is 1. The number of carbonyl (C=O) groups is 1. The monoisotopic (exact) mass is 214 g/mol. The molecule has 1 aromatic rings. The fourth-order valence-electron chi connectivity index (χ4n) is 1.24. The summed E-state index contributed by atoms with van der Waals surface area (Å²) in [6.07, 6.45) is 0. The molecule has 1 rings (SSSR count). The summed E-state index contributed by atoms with van der Waals surface area (Å²) in [6, 6.07) is 10.2. The molecule has 0 saturated heterocycles. The van der Waals surface area contributed by atoms with Crippen molar-refractivity contribution in [1.29, 1.82) is 10.5 Å². The number of rotatable bonds is 3. The molecule has 0 unspecified atom stereocenters. The lowest BCUT2D eigenvalue weighted by Gasteiger charge is -2.08. The van der Waals surface area contributed by atoms with Gasteiger partial charge in [-0.25, -0.2) is 0 Å². The van der Waals surface area contributed by atoms with Crippen LogP contribution in [0.3, 0.4) is 0 Å². The summed E-state index contributed by atoms with van der Waals surface area (Å²) in [6.45, 7) is 1.93. The van der Waals surface area contributed by atoms with E-state index in [1.54, 1.807) is 31.2 Å². The van der Waals surface area contributed by atoms with Gasteiger partial charge in [0.05, 0.1) is 24.3 Å². The van der Waals surface area contributed by atoms with Crippen molar-refractivity contribution in [2.75, 3.05) is 6.61 Å². The Balaban J connectivity index is 2.93. The molecule has 0 bridgehead atoms. The molecule has 0 aliphatic heterocycles. The predicted molar refractivity (Wildman–Crippen MR) is 56.1 cm³/mol. The zero-order valence-corrected chi connectivity index (χ0v) is 8.80. The van der Waals surface area contributed by atoms with Crippen molar-refractivity contribution in [3.8, 4) is 12.1 Å². The van der Waals surface area contributed by atoms with E-state index in [1.165, 1.54) is 0 Å². The Hall–Kier alpha value is -2.33. The van der Waals surface area contributed by atoms with E-state index in [0.717, 1.165) is 0 Å². The van der Waals surface area contributed by atoms with Crippen LogP contribution in [0.5, 0.6) is 0 Å². The maximum Gasteiger partial charge on any atom is 0.327 e. The van der Waals surface area contributed by atoms with E-state index in [-0.39, 0.29) is 6.61 Å². The van der Waals surface area contributed by atoms with Crippen LogP contribution in [0.1, 0.15) is 24.0 Å². The first-order valence-corrected chi connectivity index (χ1v) is 4.79. The molecule has 0 spiro atoms. The zero-order valence-electron chi connectivity index (χ0n) is 8.80. The highest BCUT2D eigenvalue weighted by molar-refractivity contribution is 5.81. The van der Waals surface area contributed by atoms with Crippen molar-refractivity contribution >= 4 is 5.97 Å². The summed E-state index contributed by atoms with van der Waals surface area (Å²) < 4.78 is 4.78. The number of hydrogen-bond acceptors (Lipinski definition) is 4. The van der Waals surface area contributed by atoms with Crippen LogP contribution in [0.15, 0.2) is 24.3 Å². The van der Waals surface area contributed by atoms with Crippen LogP contribution in [0.4, 0.5) is 0 Å². The minimum Gasteiger partial charge on any atom is -0.465 e. The van der Waals surface area contributed by atoms with E-state index in [2.05, 4.69) is 0 Å². The van der Waals surface area contributed by atoms with Crippen LogP contribution < -0.4 is 0 Å². The van der Waals surface area contributed by atoms with Crippen molar-refractivity contribution in [3.05, 3.63) is 35.4 Å². The molecular formula is C12H10N2O2. The maximum absolute atomic E-state index is 11.4. The van der Waals surface area contributed by atoms with Gasteiger partial charge in [0.25, 0.3) is 0 Å².